The average molecular weight is 327 g/mol. The average Bonchev–Trinajstić information content (AvgIpc) is 3.25. The maximum absolute atomic E-state index is 13.7. The van der Waals surface area contributed by atoms with Crippen LogP contribution in [0.5, 0.6) is 0 Å². The van der Waals surface area contributed by atoms with E-state index in [0.717, 1.165) is 0 Å². The molecule has 3 aromatic rings. The Balaban J connectivity index is 1.56. The lowest BCUT2D eigenvalue weighted by atomic mass is 10.1. The van der Waals surface area contributed by atoms with Gasteiger partial charge in [-0.25, -0.2) is 4.39 Å². The largest absolute Gasteiger partial charge is 0.467 e. The Morgan fingerprint density at radius 2 is 2.00 bits per heavy atom. The third-order valence-corrected chi connectivity index (χ3v) is 3.75. The molecule has 0 spiro atoms. The van der Waals surface area contributed by atoms with E-state index in [2.05, 4.69) is 5.32 Å². The predicted molar refractivity (Wildman–Crippen MR) is 87.7 cm³/mol. The van der Waals surface area contributed by atoms with Crippen LogP contribution in [0.25, 0.3) is 11.3 Å². The molecule has 124 valence electrons. The molecule has 1 N–H and O–H groups in total. The fourth-order valence-electron chi connectivity index (χ4n) is 2.48. The smallest absolute Gasteiger partial charge is 0.221 e. The molecule has 0 bridgehead atoms. The zero-order valence-electron chi connectivity index (χ0n) is 13.3. The molecule has 1 atom stereocenters. The van der Waals surface area contributed by atoms with Gasteiger partial charge in [0.15, 0.2) is 0 Å². The highest BCUT2D eigenvalue weighted by molar-refractivity contribution is 5.76. The molecule has 1 amide bonds. The number of carbonyl (C=O) groups is 1. The van der Waals surface area contributed by atoms with Crippen LogP contribution in [-0.4, -0.2) is 5.91 Å². The van der Waals surface area contributed by atoms with Gasteiger partial charge < -0.3 is 14.2 Å². The summed E-state index contributed by atoms with van der Waals surface area (Å²) in [6.45, 7) is 1.86. The Kier molecular flexibility index (Phi) is 4.79. The molecule has 0 fully saturated rings. The Morgan fingerprint density at radius 3 is 2.75 bits per heavy atom. The molecular formula is C19H18FNO3. The molecule has 3 rings (SSSR count). The lowest BCUT2D eigenvalue weighted by Gasteiger charge is -2.10. The zero-order chi connectivity index (χ0) is 16.9. The van der Waals surface area contributed by atoms with Crippen molar-refractivity contribution < 1.29 is 18.0 Å². The van der Waals surface area contributed by atoms with Crippen LogP contribution >= 0.6 is 0 Å². The van der Waals surface area contributed by atoms with Crippen LogP contribution in [-0.2, 0) is 11.2 Å². The second kappa shape index (κ2) is 7.17. The fourth-order valence-corrected chi connectivity index (χ4v) is 2.48. The van der Waals surface area contributed by atoms with Gasteiger partial charge in [0.1, 0.15) is 23.1 Å². The minimum atomic E-state index is -0.330. The Morgan fingerprint density at radius 1 is 1.17 bits per heavy atom. The molecule has 2 heterocycles. The number of amides is 1. The minimum Gasteiger partial charge on any atom is -0.467 e. The lowest BCUT2D eigenvalue weighted by Crippen LogP contribution is -2.26. The summed E-state index contributed by atoms with van der Waals surface area (Å²) < 4.78 is 24.6. The van der Waals surface area contributed by atoms with E-state index in [1.807, 2.05) is 13.0 Å². The first-order chi connectivity index (χ1) is 11.6. The summed E-state index contributed by atoms with van der Waals surface area (Å²) >= 11 is 0. The van der Waals surface area contributed by atoms with E-state index < -0.39 is 0 Å². The van der Waals surface area contributed by atoms with Crippen molar-refractivity contribution in [3.63, 3.8) is 0 Å². The van der Waals surface area contributed by atoms with Crippen molar-refractivity contribution >= 4 is 5.91 Å². The lowest BCUT2D eigenvalue weighted by molar-refractivity contribution is -0.121. The van der Waals surface area contributed by atoms with Gasteiger partial charge in [-0.2, -0.15) is 0 Å². The number of furan rings is 2. The van der Waals surface area contributed by atoms with Gasteiger partial charge >= 0.3 is 0 Å². The van der Waals surface area contributed by atoms with Crippen LogP contribution < -0.4 is 5.32 Å². The standard InChI is InChI=1S/C19H18FNO3/c1-13(17-7-4-12-23-17)21-19(22)11-9-14-8-10-18(24-14)15-5-2-3-6-16(15)20/h2-8,10,12-13H,9,11H2,1H3,(H,21,22). The van der Waals surface area contributed by atoms with Gasteiger partial charge in [0.25, 0.3) is 0 Å². The first kappa shape index (κ1) is 16.1. The normalized spacial score (nSPS) is 12.1. The number of rotatable bonds is 6. The molecule has 1 aromatic carbocycles. The molecule has 0 aliphatic heterocycles. The highest BCUT2D eigenvalue weighted by atomic mass is 19.1. The quantitative estimate of drug-likeness (QED) is 0.726. The number of aryl methyl sites for hydroxylation is 1. The van der Waals surface area contributed by atoms with Gasteiger partial charge in [-0.15, -0.1) is 0 Å². The SMILES string of the molecule is CC(NC(=O)CCc1ccc(-c2ccccc2F)o1)c1ccco1. The molecule has 5 heteroatoms. The monoisotopic (exact) mass is 327 g/mol. The molecule has 0 aliphatic rings. The highest BCUT2D eigenvalue weighted by Gasteiger charge is 2.13. The van der Waals surface area contributed by atoms with Crippen LogP contribution in [0, 0.1) is 5.82 Å². The van der Waals surface area contributed by atoms with Gasteiger partial charge in [0.2, 0.25) is 5.91 Å². The number of carbonyl (C=O) groups excluding carboxylic acids is 1. The highest BCUT2D eigenvalue weighted by Crippen LogP contribution is 2.25. The maximum Gasteiger partial charge on any atom is 0.221 e. The van der Waals surface area contributed by atoms with E-state index >= 15 is 0 Å². The van der Waals surface area contributed by atoms with E-state index in [0.29, 0.717) is 29.3 Å². The van der Waals surface area contributed by atoms with Gasteiger partial charge in [0.05, 0.1) is 17.9 Å². The Hall–Kier alpha value is -2.82. The summed E-state index contributed by atoms with van der Waals surface area (Å²) in [5, 5.41) is 2.87. The van der Waals surface area contributed by atoms with Gasteiger partial charge in [-0.3, -0.25) is 4.79 Å². The van der Waals surface area contributed by atoms with E-state index in [-0.39, 0.29) is 24.2 Å². The van der Waals surface area contributed by atoms with Crippen molar-refractivity contribution in [3.05, 3.63) is 72.1 Å². The van der Waals surface area contributed by atoms with Crippen LogP contribution in [0.15, 0.2) is 63.6 Å². The maximum atomic E-state index is 13.7. The number of hydrogen-bond acceptors (Lipinski definition) is 3. The summed E-state index contributed by atoms with van der Waals surface area (Å²) in [6, 6.07) is 13.3. The molecule has 0 aliphatic carbocycles. The molecule has 0 saturated carbocycles. The van der Waals surface area contributed by atoms with Gasteiger partial charge in [-0.1, -0.05) is 12.1 Å². The molecule has 1 unspecified atom stereocenters. The van der Waals surface area contributed by atoms with Crippen LogP contribution in [0.4, 0.5) is 4.39 Å². The second-order valence-corrected chi connectivity index (χ2v) is 5.55. The second-order valence-electron chi connectivity index (χ2n) is 5.55. The van der Waals surface area contributed by atoms with Crippen molar-refractivity contribution in [1.82, 2.24) is 5.32 Å². The van der Waals surface area contributed by atoms with E-state index in [9.17, 15) is 9.18 Å². The van der Waals surface area contributed by atoms with Crippen molar-refractivity contribution in [2.45, 2.75) is 25.8 Å². The summed E-state index contributed by atoms with van der Waals surface area (Å²) in [5.74, 6) is 1.40. The Labute approximate surface area is 139 Å². The number of halogens is 1. The summed E-state index contributed by atoms with van der Waals surface area (Å²) in [7, 11) is 0. The molecule has 0 radical (unpaired) electrons. The minimum absolute atomic E-state index is 0.0947. The van der Waals surface area contributed by atoms with Crippen LogP contribution in [0.1, 0.15) is 30.9 Å². The van der Waals surface area contributed by atoms with Crippen LogP contribution in [0.2, 0.25) is 0 Å². The van der Waals surface area contributed by atoms with Crippen molar-refractivity contribution in [2.75, 3.05) is 0 Å². The van der Waals surface area contributed by atoms with Crippen molar-refractivity contribution in [2.24, 2.45) is 0 Å². The third kappa shape index (κ3) is 3.74. The first-order valence-corrected chi connectivity index (χ1v) is 7.80. The molecule has 2 aromatic heterocycles. The molecule has 4 nitrogen and oxygen atoms in total. The van der Waals surface area contributed by atoms with Gasteiger partial charge in [-0.05, 0) is 43.3 Å². The zero-order valence-corrected chi connectivity index (χ0v) is 13.3. The van der Waals surface area contributed by atoms with E-state index in [1.54, 1.807) is 42.7 Å². The fraction of sp³-hybridized carbons (Fsp3) is 0.211. The van der Waals surface area contributed by atoms with Crippen molar-refractivity contribution in [1.29, 1.82) is 0 Å². The van der Waals surface area contributed by atoms with E-state index in [1.165, 1.54) is 6.07 Å². The number of hydrogen-bond donors (Lipinski definition) is 1. The third-order valence-electron chi connectivity index (χ3n) is 3.75. The molecule has 0 saturated heterocycles. The number of benzene rings is 1. The van der Waals surface area contributed by atoms with Gasteiger partial charge in [0, 0.05) is 12.8 Å². The topological polar surface area (TPSA) is 55.4 Å². The number of nitrogens with one attached hydrogen (secondary N) is 1. The Bertz CT molecular complexity index is 808. The summed E-state index contributed by atoms with van der Waals surface area (Å²) in [4.78, 5) is 12.0. The van der Waals surface area contributed by atoms with Crippen molar-refractivity contribution in [3.8, 4) is 11.3 Å². The molecular weight excluding hydrogens is 309 g/mol. The summed E-state index contributed by atoms with van der Waals surface area (Å²) in [5.41, 5.74) is 0.416. The first-order valence-electron chi connectivity index (χ1n) is 7.80. The predicted octanol–water partition coefficient (Wildman–Crippen LogP) is 4.49. The summed E-state index contributed by atoms with van der Waals surface area (Å²) in [6.07, 6.45) is 2.31. The van der Waals surface area contributed by atoms with E-state index in [4.69, 9.17) is 8.83 Å². The van der Waals surface area contributed by atoms with Crippen LogP contribution in [0.3, 0.4) is 0 Å². The molecule has 24 heavy (non-hydrogen) atoms.